The molecular formula is C19H27ClN4O. The normalized spacial score (nSPS) is 15.0. The molecule has 0 atom stereocenters. The highest BCUT2D eigenvalue weighted by molar-refractivity contribution is 5.95. The highest BCUT2D eigenvalue weighted by atomic mass is 35.5. The summed E-state index contributed by atoms with van der Waals surface area (Å²) in [5.74, 6) is 0.318. The third kappa shape index (κ3) is 4.22. The van der Waals surface area contributed by atoms with Crippen molar-refractivity contribution in [1.29, 1.82) is 0 Å². The van der Waals surface area contributed by atoms with E-state index < -0.39 is 0 Å². The lowest BCUT2D eigenvalue weighted by Gasteiger charge is -2.21. The molecule has 0 bridgehead atoms. The molecule has 0 saturated carbocycles. The average Bonchev–Trinajstić information content (AvgIpc) is 2.83. The Bertz CT molecular complexity index is 701. The summed E-state index contributed by atoms with van der Waals surface area (Å²) in [6, 6.07) is 8.25. The number of amides is 1. The van der Waals surface area contributed by atoms with Crippen LogP contribution in [0.4, 0.5) is 0 Å². The fraction of sp³-hybridized carbons (Fsp3) is 0.474. The summed E-state index contributed by atoms with van der Waals surface area (Å²) in [4.78, 5) is 15.0. The predicted octanol–water partition coefficient (Wildman–Crippen LogP) is 3.16. The molecule has 2 aromatic rings. The van der Waals surface area contributed by atoms with Crippen molar-refractivity contribution in [3.05, 3.63) is 47.3 Å². The number of aromatic nitrogens is 2. The molecular weight excluding hydrogens is 336 g/mol. The maximum atomic E-state index is 13.0. The minimum Gasteiger partial charge on any atom is -0.337 e. The molecule has 0 unspecified atom stereocenters. The van der Waals surface area contributed by atoms with Gasteiger partial charge in [0.1, 0.15) is 0 Å². The van der Waals surface area contributed by atoms with Gasteiger partial charge in [-0.15, -0.1) is 12.4 Å². The number of hydrogen-bond acceptors (Lipinski definition) is 3. The van der Waals surface area contributed by atoms with Crippen LogP contribution in [0.1, 0.15) is 47.8 Å². The Labute approximate surface area is 155 Å². The molecule has 1 aromatic heterocycles. The van der Waals surface area contributed by atoms with E-state index in [1.54, 1.807) is 6.20 Å². The summed E-state index contributed by atoms with van der Waals surface area (Å²) in [5, 5.41) is 7.87. The van der Waals surface area contributed by atoms with Crippen LogP contribution in [0.2, 0.25) is 0 Å². The van der Waals surface area contributed by atoms with Gasteiger partial charge in [0, 0.05) is 19.6 Å². The van der Waals surface area contributed by atoms with E-state index in [1.807, 2.05) is 9.58 Å². The zero-order valence-corrected chi connectivity index (χ0v) is 16.0. The molecule has 136 valence electrons. The number of carbonyl (C=O) groups is 1. The van der Waals surface area contributed by atoms with Gasteiger partial charge in [0.15, 0.2) is 0 Å². The van der Waals surface area contributed by atoms with Crippen LogP contribution >= 0.6 is 12.4 Å². The van der Waals surface area contributed by atoms with Gasteiger partial charge in [-0.1, -0.05) is 31.5 Å². The van der Waals surface area contributed by atoms with Crippen molar-refractivity contribution >= 4 is 18.3 Å². The van der Waals surface area contributed by atoms with Crippen LogP contribution < -0.4 is 5.32 Å². The minimum absolute atomic E-state index is 0. The van der Waals surface area contributed by atoms with Gasteiger partial charge < -0.3 is 10.2 Å². The van der Waals surface area contributed by atoms with E-state index >= 15 is 0 Å². The van der Waals surface area contributed by atoms with Crippen molar-refractivity contribution in [3.8, 4) is 5.69 Å². The molecule has 6 heteroatoms. The van der Waals surface area contributed by atoms with Gasteiger partial charge in [0.05, 0.1) is 23.1 Å². The largest absolute Gasteiger partial charge is 0.337 e. The first-order valence-corrected chi connectivity index (χ1v) is 8.73. The van der Waals surface area contributed by atoms with E-state index in [0.717, 1.165) is 49.5 Å². The van der Waals surface area contributed by atoms with Crippen molar-refractivity contribution in [3.63, 3.8) is 0 Å². The van der Waals surface area contributed by atoms with Crippen molar-refractivity contribution in [2.45, 2.75) is 33.1 Å². The van der Waals surface area contributed by atoms with E-state index in [-0.39, 0.29) is 24.2 Å². The Balaban J connectivity index is 0.00000225. The molecule has 3 rings (SSSR count). The number of aryl methyl sites for hydroxylation is 1. The fourth-order valence-corrected chi connectivity index (χ4v) is 3.19. The molecule has 1 saturated heterocycles. The van der Waals surface area contributed by atoms with Gasteiger partial charge in [-0.3, -0.25) is 4.79 Å². The number of hydrogen-bond donors (Lipinski definition) is 1. The Hall–Kier alpha value is -1.85. The monoisotopic (exact) mass is 362 g/mol. The third-order valence-corrected chi connectivity index (χ3v) is 4.49. The maximum Gasteiger partial charge on any atom is 0.257 e. The van der Waals surface area contributed by atoms with E-state index in [1.165, 1.54) is 5.56 Å². The molecule has 1 amide bonds. The SMILES string of the molecule is Cc1ccc(-n2ncc(C(=O)N3CCCNCC3)c2C(C)C)cc1.Cl. The van der Waals surface area contributed by atoms with Crippen LogP contribution in [0, 0.1) is 6.92 Å². The summed E-state index contributed by atoms with van der Waals surface area (Å²) in [6.45, 7) is 9.69. The van der Waals surface area contributed by atoms with E-state index in [0.29, 0.717) is 0 Å². The predicted molar refractivity (Wildman–Crippen MR) is 103 cm³/mol. The number of nitrogens with one attached hydrogen (secondary N) is 1. The summed E-state index contributed by atoms with van der Waals surface area (Å²) in [7, 11) is 0. The van der Waals surface area contributed by atoms with E-state index in [2.05, 4.69) is 55.5 Å². The first-order valence-electron chi connectivity index (χ1n) is 8.73. The lowest BCUT2D eigenvalue weighted by atomic mass is 10.0. The number of carbonyl (C=O) groups excluding carboxylic acids is 1. The van der Waals surface area contributed by atoms with Crippen molar-refractivity contribution in [2.24, 2.45) is 0 Å². The van der Waals surface area contributed by atoms with Crippen LogP contribution in [0.3, 0.4) is 0 Å². The van der Waals surface area contributed by atoms with Crippen LogP contribution in [-0.2, 0) is 0 Å². The Morgan fingerprint density at radius 1 is 1.16 bits per heavy atom. The van der Waals surface area contributed by atoms with Crippen LogP contribution in [0.5, 0.6) is 0 Å². The third-order valence-electron chi connectivity index (χ3n) is 4.49. The standard InChI is InChI=1S/C19H26N4O.ClH/c1-14(2)18-17(19(24)22-11-4-9-20-10-12-22)13-21-23(18)16-7-5-15(3)6-8-16;/h5-8,13-14,20H,4,9-12H2,1-3H3;1H. The number of halogens is 1. The van der Waals surface area contributed by atoms with Crippen LogP contribution in [0.25, 0.3) is 5.69 Å². The number of rotatable bonds is 3. The van der Waals surface area contributed by atoms with Crippen molar-refractivity contribution in [1.82, 2.24) is 20.0 Å². The topological polar surface area (TPSA) is 50.2 Å². The second-order valence-corrected chi connectivity index (χ2v) is 6.74. The Morgan fingerprint density at radius 3 is 2.56 bits per heavy atom. The summed E-state index contributed by atoms with van der Waals surface area (Å²) < 4.78 is 1.91. The Morgan fingerprint density at radius 2 is 1.88 bits per heavy atom. The summed E-state index contributed by atoms with van der Waals surface area (Å²) >= 11 is 0. The maximum absolute atomic E-state index is 13.0. The molecule has 1 aromatic carbocycles. The molecule has 1 aliphatic heterocycles. The van der Waals surface area contributed by atoms with E-state index in [9.17, 15) is 4.79 Å². The number of nitrogens with zero attached hydrogens (tertiary/aromatic N) is 3. The van der Waals surface area contributed by atoms with Gasteiger partial charge in [0.2, 0.25) is 0 Å². The van der Waals surface area contributed by atoms with Gasteiger partial charge in [-0.2, -0.15) is 5.10 Å². The lowest BCUT2D eigenvalue weighted by Crippen LogP contribution is -2.34. The number of benzene rings is 1. The first-order chi connectivity index (χ1) is 11.6. The van der Waals surface area contributed by atoms with Gasteiger partial charge in [-0.25, -0.2) is 4.68 Å². The van der Waals surface area contributed by atoms with Crippen LogP contribution in [0.15, 0.2) is 30.5 Å². The highest BCUT2D eigenvalue weighted by Crippen LogP contribution is 2.24. The molecule has 1 N–H and O–H groups in total. The second kappa shape index (κ2) is 8.50. The molecule has 0 aliphatic carbocycles. The van der Waals surface area contributed by atoms with Gasteiger partial charge in [0.25, 0.3) is 5.91 Å². The van der Waals surface area contributed by atoms with Crippen molar-refractivity contribution < 1.29 is 4.79 Å². The molecule has 1 aliphatic rings. The van der Waals surface area contributed by atoms with E-state index in [4.69, 9.17) is 0 Å². The average molecular weight is 363 g/mol. The second-order valence-electron chi connectivity index (χ2n) is 6.74. The molecule has 0 radical (unpaired) electrons. The summed E-state index contributed by atoms with van der Waals surface area (Å²) in [6.07, 6.45) is 2.73. The zero-order valence-electron chi connectivity index (χ0n) is 15.2. The highest BCUT2D eigenvalue weighted by Gasteiger charge is 2.25. The quantitative estimate of drug-likeness (QED) is 0.912. The molecule has 5 nitrogen and oxygen atoms in total. The molecule has 25 heavy (non-hydrogen) atoms. The zero-order chi connectivity index (χ0) is 17.1. The minimum atomic E-state index is 0. The van der Waals surface area contributed by atoms with Crippen molar-refractivity contribution in [2.75, 3.05) is 26.2 Å². The lowest BCUT2D eigenvalue weighted by molar-refractivity contribution is 0.0765. The Kier molecular flexibility index (Phi) is 6.62. The molecule has 2 heterocycles. The molecule has 0 spiro atoms. The summed E-state index contributed by atoms with van der Waals surface area (Å²) in [5.41, 5.74) is 3.93. The first kappa shape index (κ1) is 19.5. The van der Waals surface area contributed by atoms with Gasteiger partial charge >= 0.3 is 0 Å². The van der Waals surface area contributed by atoms with Gasteiger partial charge in [-0.05, 0) is 37.9 Å². The molecule has 1 fully saturated rings. The fourth-order valence-electron chi connectivity index (χ4n) is 3.19. The van der Waals surface area contributed by atoms with Crippen LogP contribution in [-0.4, -0.2) is 46.8 Å². The smallest absolute Gasteiger partial charge is 0.257 e.